The van der Waals surface area contributed by atoms with E-state index < -0.39 is 12.0 Å². The van der Waals surface area contributed by atoms with E-state index in [9.17, 15) is 14.0 Å². The predicted octanol–water partition coefficient (Wildman–Crippen LogP) is 1.97. The summed E-state index contributed by atoms with van der Waals surface area (Å²) < 4.78 is 17.7. The molecule has 1 N–H and O–H groups in total. The Balaban J connectivity index is 1.86. The molecule has 2 amide bonds. The molecule has 2 aromatic rings. The number of likely N-dealkylation sites (tertiary alicyclic amines) is 1. The van der Waals surface area contributed by atoms with Crippen molar-refractivity contribution in [3.8, 4) is 0 Å². The maximum absolute atomic E-state index is 13.1. The number of aromatic nitrogens is 1. The van der Waals surface area contributed by atoms with E-state index >= 15 is 0 Å². The number of hydrogen-bond donors (Lipinski definition) is 1. The number of carbonyl (C=O) groups excluding carboxylic acids is 2. The van der Waals surface area contributed by atoms with Crippen LogP contribution < -0.4 is 5.32 Å². The Morgan fingerprint density at radius 3 is 2.73 bits per heavy atom. The molecule has 1 aliphatic heterocycles. The minimum atomic E-state index is -0.570. The lowest BCUT2D eigenvalue weighted by Crippen LogP contribution is -2.30. The summed E-state index contributed by atoms with van der Waals surface area (Å²) in [6, 6.07) is 6.90. The van der Waals surface area contributed by atoms with Crippen LogP contribution in [0.3, 0.4) is 0 Å². The van der Waals surface area contributed by atoms with Crippen LogP contribution in [0.4, 0.5) is 10.2 Å². The van der Waals surface area contributed by atoms with Crippen LogP contribution in [0, 0.1) is 11.7 Å². The van der Waals surface area contributed by atoms with Gasteiger partial charge in [0.2, 0.25) is 11.8 Å². The topological polar surface area (TPSA) is 75.4 Å². The van der Waals surface area contributed by atoms with Crippen LogP contribution in [0.2, 0.25) is 0 Å². The molecule has 0 saturated carbocycles. The van der Waals surface area contributed by atoms with Gasteiger partial charge in [-0.3, -0.25) is 9.59 Å². The quantitative estimate of drug-likeness (QED) is 0.940. The molecule has 0 bridgehead atoms. The van der Waals surface area contributed by atoms with Gasteiger partial charge >= 0.3 is 0 Å². The summed E-state index contributed by atoms with van der Waals surface area (Å²) in [5, 5.41) is 6.24. The van der Waals surface area contributed by atoms with Crippen LogP contribution in [-0.2, 0) is 9.59 Å². The molecule has 6 nitrogen and oxygen atoms in total. The van der Waals surface area contributed by atoms with E-state index in [2.05, 4.69) is 15.0 Å². The Bertz CT molecular complexity index is 685. The third-order valence-electron chi connectivity index (χ3n) is 3.82. The maximum atomic E-state index is 13.1. The Hall–Kier alpha value is -2.70. The summed E-state index contributed by atoms with van der Waals surface area (Å²) in [6.45, 7) is 0. The summed E-state index contributed by atoms with van der Waals surface area (Å²) in [4.78, 5) is 25.9. The van der Waals surface area contributed by atoms with Crippen molar-refractivity contribution in [3.05, 3.63) is 48.0 Å². The minimum absolute atomic E-state index is 0.0994. The zero-order valence-electron chi connectivity index (χ0n) is 11.8. The highest BCUT2D eigenvalue weighted by Crippen LogP contribution is 2.37. The molecule has 1 aromatic carbocycles. The lowest BCUT2D eigenvalue weighted by Gasteiger charge is -2.24. The van der Waals surface area contributed by atoms with E-state index in [1.165, 1.54) is 29.4 Å². The van der Waals surface area contributed by atoms with Crippen molar-refractivity contribution in [1.29, 1.82) is 0 Å². The van der Waals surface area contributed by atoms with Gasteiger partial charge in [0.15, 0.2) is 5.82 Å². The van der Waals surface area contributed by atoms with E-state index in [-0.39, 0.29) is 24.1 Å². The average Bonchev–Trinajstić information content (AvgIpc) is 3.10. The van der Waals surface area contributed by atoms with E-state index in [0.29, 0.717) is 5.82 Å². The molecule has 114 valence electrons. The van der Waals surface area contributed by atoms with Gasteiger partial charge in [-0.2, -0.15) is 0 Å². The van der Waals surface area contributed by atoms with Gasteiger partial charge in [0, 0.05) is 19.5 Å². The fourth-order valence-corrected chi connectivity index (χ4v) is 2.72. The Morgan fingerprint density at radius 1 is 1.36 bits per heavy atom. The molecular weight excluding hydrogens is 289 g/mol. The fraction of sp³-hybridized carbons (Fsp3) is 0.267. The van der Waals surface area contributed by atoms with Gasteiger partial charge in [0.05, 0.1) is 12.0 Å². The van der Waals surface area contributed by atoms with Gasteiger partial charge in [-0.25, -0.2) is 4.39 Å². The van der Waals surface area contributed by atoms with E-state index in [0.717, 1.165) is 5.56 Å². The van der Waals surface area contributed by atoms with Gasteiger partial charge in [0.25, 0.3) is 0 Å². The molecule has 3 rings (SSSR count). The summed E-state index contributed by atoms with van der Waals surface area (Å²) >= 11 is 0. The van der Waals surface area contributed by atoms with Crippen molar-refractivity contribution < 1.29 is 18.5 Å². The van der Waals surface area contributed by atoms with Crippen LogP contribution in [0.25, 0.3) is 0 Å². The molecule has 1 aliphatic rings. The van der Waals surface area contributed by atoms with Crippen LogP contribution in [0.1, 0.15) is 18.0 Å². The highest BCUT2D eigenvalue weighted by molar-refractivity contribution is 5.97. The smallest absolute Gasteiger partial charge is 0.231 e. The summed E-state index contributed by atoms with van der Waals surface area (Å²) in [6.07, 6.45) is 1.45. The number of nitrogens with one attached hydrogen (secondary N) is 1. The second-order valence-corrected chi connectivity index (χ2v) is 5.19. The largest absolute Gasteiger partial charge is 0.363 e. The van der Waals surface area contributed by atoms with Crippen molar-refractivity contribution in [2.45, 2.75) is 12.5 Å². The van der Waals surface area contributed by atoms with Crippen LogP contribution >= 0.6 is 0 Å². The number of anilines is 1. The standard InChI is InChI=1S/C15H14FN3O3/c1-19-13(20)8-11(15(21)17-12-6-7-22-18-12)14(19)9-2-4-10(16)5-3-9/h2-7,11,14H,8H2,1H3,(H,17,18,21)/t11-,14+/m1/s1. The first kappa shape index (κ1) is 14.2. The second-order valence-electron chi connectivity index (χ2n) is 5.19. The first-order valence-corrected chi connectivity index (χ1v) is 6.78. The summed E-state index contributed by atoms with van der Waals surface area (Å²) in [5.74, 6) is -1.08. The zero-order valence-corrected chi connectivity index (χ0v) is 11.8. The third kappa shape index (κ3) is 2.57. The van der Waals surface area contributed by atoms with Crippen LogP contribution in [0.15, 0.2) is 41.1 Å². The first-order chi connectivity index (χ1) is 10.6. The molecule has 22 heavy (non-hydrogen) atoms. The van der Waals surface area contributed by atoms with Gasteiger partial charge < -0.3 is 14.7 Å². The Morgan fingerprint density at radius 2 is 2.09 bits per heavy atom. The fourth-order valence-electron chi connectivity index (χ4n) is 2.72. The number of benzene rings is 1. The van der Waals surface area contributed by atoms with Gasteiger partial charge in [0.1, 0.15) is 12.1 Å². The normalized spacial score (nSPS) is 21.2. The molecule has 1 saturated heterocycles. The number of halogens is 1. The molecule has 0 spiro atoms. The van der Waals surface area contributed by atoms with Crippen molar-refractivity contribution in [3.63, 3.8) is 0 Å². The lowest BCUT2D eigenvalue weighted by molar-refractivity contribution is -0.127. The van der Waals surface area contributed by atoms with Crippen molar-refractivity contribution in [2.75, 3.05) is 12.4 Å². The Kier molecular flexibility index (Phi) is 3.62. The predicted molar refractivity (Wildman–Crippen MR) is 75.2 cm³/mol. The van der Waals surface area contributed by atoms with Crippen LogP contribution in [0.5, 0.6) is 0 Å². The van der Waals surface area contributed by atoms with Crippen molar-refractivity contribution in [2.24, 2.45) is 5.92 Å². The highest BCUT2D eigenvalue weighted by Gasteiger charge is 2.42. The summed E-state index contributed by atoms with van der Waals surface area (Å²) in [7, 11) is 1.64. The summed E-state index contributed by atoms with van der Waals surface area (Å²) in [5.41, 5.74) is 0.718. The molecule has 0 aliphatic carbocycles. The molecule has 2 atom stereocenters. The highest BCUT2D eigenvalue weighted by atomic mass is 19.1. The monoisotopic (exact) mass is 303 g/mol. The molecule has 0 radical (unpaired) electrons. The number of carbonyl (C=O) groups is 2. The molecule has 2 heterocycles. The molecule has 7 heteroatoms. The number of amides is 2. The van der Waals surface area contributed by atoms with Crippen molar-refractivity contribution >= 4 is 17.6 Å². The SMILES string of the molecule is CN1C(=O)C[C@@H](C(=O)Nc2ccon2)[C@@H]1c1ccc(F)cc1. The molecule has 1 aromatic heterocycles. The first-order valence-electron chi connectivity index (χ1n) is 6.78. The van der Waals surface area contributed by atoms with Gasteiger partial charge in [-0.05, 0) is 17.7 Å². The molecular formula is C15H14FN3O3. The van der Waals surface area contributed by atoms with Gasteiger partial charge in [-0.1, -0.05) is 17.3 Å². The van der Waals surface area contributed by atoms with E-state index in [4.69, 9.17) is 0 Å². The number of nitrogens with zero attached hydrogens (tertiary/aromatic N) is 2. The Labute approximate surface area is 125 Å². The molecule has 1 fully saturated rings. The van der Waals surface area contributed by atoms with Crippen LogP contribution in [-0.4, -0.2) is 28.9 Å². The zero-order chi connectivity index (χ0) is 15.7. The second kappa shape index (κ2) is 5.59. The minimum Gasteiger partial charge on any atom is -0.363 e. The number of rotatable bonds is 3. The van der Waals surface area contributed by atoms with E-state index in [1.807, 2.05) is 0 Å². The third-order valence-corrected chi connectivity index (χ3v) is 3.82. The lowest BCUT2D eigenvalue weighted by atomic mass is 9.93. The van der Waals surface area contributed by atoms with Crippen molar-refractivity contribution in [1.82, 2.24) is 10.1 Å². The molecule has 0 unspecified atom stereocenters. The van der Waals surface area contributed by atoms with Gasteiger partial charge in [-0.15, -0.1) is 0 Å². The maximum Gasteiger partial charge on any atom is 0.231 e. The number of hydrogen-bond acceptors (Lipinski definition) is 4. The average molecular weight is 303 g/mol. The van der Waals surface area contributed by atoms with E-state index in [1.54, 1.807) is 19.2 Å².